The first kappa shape index (κ1) is 19.6. The molecule has 1 aliphatic rings. The van der Waals surface area contributed by atoms with Gasteiger partial charge in [0.1, 0.15) is 17.3 Å². The van der Waals surface area contributed by atoms with Crippen LogP contribution in [0.4, 0.5) is 10.1 Å². The van der Waals surface area contributed by atoms with Crippen molar-refractivity contribution in [2.45, 2.75) is 0 Å². The highest BCUT2D eigenvalue weighted by Crippen LogP contribution is 2.27. The molecule has 0 atom stereocenters. The van der Waals surface area contributed by atoms with Crippen molar-refractivity contribution >= 4 is 27.9 Å². The standard InChI is InChI=1S/C23H21FN4O2S/c1-30-17-6-4-5-16(13-17)19-14-28-21(15-31-23(28)25-19)22(29)27-11-9-26(10-12-27)20-8-3-2-7-18(20)24/h2-8,13-15H,9-12H2,1H3. The van der Waals surface area contributed by atoms with E-state index < -0.39 is 0 Å². The third-order valence-electron chi connectivity index (χ3n) is 5.55. The fraction of sp³-hybridized carbons (Fsp3) is 0.217. The number of piperazine rings is 1. The van der Waals surface area contributed by atoms with Gasteiger partial charge < -0.3 is 14.5 Å². The molecule has 5 rings (SSSR count). The third kappa shape index (κ3) is 3.63. The Kier molecular flexibility index (Phi) is 5.07. The second kappa shape index (κ2) is 8.03. The maximum atomic E-state index is 14.1. The molecule has 1 amide bonds. The number of halogens is 1. The van der Waals surface area contributed by atoms with Gasteiger partial charge in [-0.05, 0) is 24.3 Å². The Hall–Kier alpha value is -3.39. The Bertz CT molecular complexity index is 1240. The number of nitrogens with zero attached hydrogens (tertiary/aromatic N) is 4. The van der Waals surface area contributed by atoms with Gasteiger partial charge in [0.25, 0.3) is 5.91 Å². The maximum absolute atomic E-state index is 14.1. The summed E-state index contributed by atoms with van der Waals surface area (Å²) in [6.45, 7) is 2.28. The van der Waals surface area contributed by atoms with E-state index in [0.29, 0.717) is 37.6 Å². The Morgan fingerprint density at radius 1 is 1.10 bits per heavy atom. The minimum atomic E-state index is -0.231. The zero-order valence-electron chi connectivity index (χ0n) is 17.0. The molecule has 158 valence electrons. The number of carbonyl (C=O) groups is 1. The van der Waals surface area contributed by atoms with Crippen LogP contribution in [0.5, 0.6) is 5.75 Å². The van der Waals surface area contributed by atoms with E-state index >= 15 is 0 Å². The van der Waals surface area contributed by atoms with Crippen LogP contribution in [0.2, 0.25) is 0 Å². The van der Waals surface area contributed by atoms with Gasteiger partial charge >= 0.3 is 0 Å². The number of fused-ring (bicyclic) bond motifs is 1. The second-order valence-electron chi connectivity index (χ2n) is 7.36. The Morgan fingerprint density at radius 2 is 1.90 bits per heavy atom. The van der Waals surface area contributed by atoms with Crippen LogP contribution in [0.25, 0.3) is 16.2 Å². The van der Waals surface area contributed by atoms with Gasteiger partial charge in [-0.1, -0.05) is 24.3 Å². The molecule has 0 N–H and O–H groups in total. The molecule has 1 saturated heterocycles. The van der Waals surface area contributed by atoms with Crippen LogP contribution in [0, 0.1) is 5.82 Å². The number of aromatic nitrogens is 2. The molecule has 0 bridgehead atoms. The molecule has 1 aliphatic heterocycles. The van der Waals surface area contributed by atoms with Gasteiger partial charge in [0, 0.05) is 43.3 Å². The number of ether oxygens (including phenoxy) is 1. The fourth-order valence-electron chi connectivity index (χ4n) is 3.88. The van der Waals surface area contributed by atoms with E-state index in [0.717, 1.165) is 22.0 Å². The second-order valence-corrected chi connectivity index (χ2v) is 8.20. The van der Waals surface area contributed by atoms with E-state index in [1.165, 1.54) is 17.4 Å². The van der Waals surface area contributed by atoms with Crippen LogP contribution < -0.4 is 9.64 Å². The third-order valence-corrected chi connectivity index (χ3v) is 6.39. The van der Waals surface area contributed by atoms with Crippen molar-refractivity contribution in [3.8, 4) is 17.0 Å². The molecule has 2 aromatic carbocycles. The molecule has 0 radical (unpaired) electrons. The summed E-state index contributed by atoms with van der Waals surface area (Å²) >= 11 is 1.44. The minimum Gasteiger partial charge on any atom is -0.497 e. The number of methoxy groups -OCH3 is 1. The lowest BCUT2D eigenvalue weighted by Crippen LogP contribution is -2.49. The molecule has 1 fully saturated rings. The van der Waals surface area contributed by atoms with E-state index in [1.54, 1.807) is 19.2 Å². The minimum absolute atomic E-state index is 0.0333. The first-order valence-corrected chi connectivity index (χ1v) is 10.9. The van der Waals surface area contributed by atoms with Crippen molar-refractivity contribution in [1.82, 2.24) is 14.3 Å². The number of benzene rings is 2. The zero-order valence-corrected chi connectivity index (χ0v) is 17.8. The van der Waals surface area contributed by atoms with E-state index in [9.17, 15) is 9.18 Å². The summed E-state index contributed by atoms with van der Waals surface area (Å²) in [5.41, 5.74) is 2.92. The number of anilines is 1. The SMILES string of the molecule is COc1cccc(-c2cn3c(C(=O)N4CCN(c5ccccc5F)CC4)csc3n2)c1. The van der Waals surface area contributed by atoms with Crippen LogP contribution in [0.1, 0.15) is 10.5 Å². The van der Waals surface area contributed by atoms with Crippen molar-refractivity contribution < 1.29 is 13.9 Å². The first-order chi connectivity index (χ1) is 15.1. The number of hydrogen-bond acceptors (Lipinski definition) is 5. The van der Waals surface area contributed by atoms with Crippen molar-refractivity contribution in [2.24, 2.45) is 0 Å². The van der Waals surface area contributed by atoms with Crippen molar-refractivity contribution in [1.29, 1.82) is 0 Å². The molecular formula is C23H21FN4O2S. The van der Waals surface area contributed by atoms with Gasteiger partial charge in [0.2, 0.25) is 0 Å². The molecule has 0 saturated carbocycles. The van der Waals surface area contributed by atoms with Crippen LogP contribution in [-0.2, 0) is 0 Å². The van der Waals surface area contributed by atoms with Gasteiger partial charge in [-0.25, -0.2) is 9.37 Å². The summed E-state index contributed by atoms with van der Waals surface area (Å²) in [5, 5.41) is 1.85. The van der Waals surface area contributed by atoms with Crippen molar-refractivity contribution in [2.75, 3.05) is 38.2 Å². The topological polar surface area (TPSA) is 50.1 Å². The molecular weight excluding hydrogens is 415 g/mol. The summed E-state index contributed by atoms with van der Waals surface area (Å²) in [6, 6.07) is 14.5. The van der Waals surface area contributed by atoms with Crippen molar-refractivity contribution in [3.63, 3.8) is 0 Å². The van der Waals surface area contributed by atoms with Gasteiger partial charge in [-0.3, -0.25) is 9.20 Å². The lowest BCUT2D eigenvalue weighted by Gasteiger charge is -2.36. The van der Waals surface area contributed by atoms with Gasteiger partial charge in [-0.2, -0.15) is 0 Å². The summed E-state index contributed by atoms with van der Waals surface area (Å²) in [7, 11) is 1.63. The maximum Gasteiger partial charge on any atom is 0.271 e. The zero-order chi connectivity index (χ0) is 21.4. The number of thiazole rings is 1. The molecule has 2 aromatic heterocycles. The van der Waals surface area contributed by atoms with Crippen LogP contribution >= 0.6 is 11.3 Å². The van der Waals surface area contributed by atoms with Crippen molar-refractivity contribution in [3.05, 3.63) is 71.6 Å². The Balaban J connectivity index is 1.35. The van der Waals surface area contributed by atoms with Crippen LogP contribution in [0.3, 0.4) is 0 Å². The number of para-hydroxylation sites is 1. The highest BCUT2D eigenvalue weighted by atomic mass is 32.1. The molecule has 0 unspecified atom stereocenters. The van der Waals surface area contributed by atoms with E-state index in [1.807, 2.05) is 56.1 Å². The quantitative estimate of drug-likeness (QED) is 0.482. The monoisotopic (exact) mass is 436 g/mol. The molecule has 6 nitrogen and oxygen atoms in total. The fourth-order valence-corrected chi connectivity index (χ4v) is 4.73. The summed E-state index contributed by atoms with van der Waals surface area (Å²) in [4.78, 5) is 22.5. The molecule has 4 aromatic rings. The van der Waals surface area contributed by atoms with Gasteiger partial charge in [0.15, 0.2) is 4.96 Å². The molecule has 0 aliphatic carbocycles. The highest BCUT2D eigenvalue weighted by Gasteiger charge is 2.26. The average Bonchev–Trinajstić information content (AvgIpc) is 3.40. The van der Waals surface area contributed by atoms with Crippen LogP contribution in [0.15, 0.2) is 60.1 Å². The Labute approximate surface area is 183 Å². The first-order valence-electron chi connectivity index (χ1n) is 10.0. The number of amides is 1. The van der Waals surface area contributed by atoms with E-state index in [-0.39, 0.29) is 11.7 Å². The molecule has 31 heavy (non-hydrogen) atoms. The average molecular weight is 437 g/mol. The Morgan fingerprint density at radius 3 is 2.68 bits per heavy atom. The summed E-state index contributed by atoms with van der Waals surface area (Å²) in [5.74, 6) is 0.497. The lowest BCUT2D eigenvalue weighted by atomic mass is 10.1. The van der Waals surface area contributed by atoms with E-state index in [2.05, 4.69) is 4.98 Å². The van der Waals surface area contributed by atoms with Gasteiger partial charge in [-0.15, -0.1) is 11.3 Å². The summed E-state index contributed by atoms with van der Waals surface area (Å²) in [6.07, 6.45) is 1.89. The largest absolute Gasteiger partial charge is 0.497 e. The normalized spacial score (nSPS) is 14.3. The molecule has 8 heteroatoms. The van der Waals surface area contributed by atoms with E-state index in [4.69, 9.17) is 4.74 Å². The van der Waals surface area contributed by atoms with Gasteiger partial charge in [0.05, 0.1) is 18.5 Å². The smallest absolute Gasteiger partial charge is 0.271 e. The molecule has 3 heterocycles. The number of rotatable bonds is 4. The molecule has 0 spiro atoms. The number of imidazole rings is 1. The predicted octanol–water partition coefficient (Wildman–Crippen LogP) is 4.17. The number of hydrogen-bond donors (Lipinski definition) is 0. The summed E-state index contributed by atoms with van der Waals surface area (Å²) < 4.78 is 21.2. The lowest BCUT2D eigenvalue weighted by molar-refractivity contribution is 0.0740. The highest BCUT2D eigenvalue weighted by molar-refractivity contribution is 7.15. The number of carbonyl (C=O) groups excluding carboxylic acids is 1. The predicted molar refractivity (Wildman–Crippen MR) is 120 cm³/mol. The van der Waals surface area contributed by atoms with Crippen LogP contribution in [-0.4, -0.2) is 53.5 Å².